The average molecular weight is 405 g/mol. The summed E-state index contributed by atoms with van der Waals surface area (Å²) < 4.78 is 0. The van der Waals surface area contributed by atoms with E-state index in [-0.39, 0.29) is 68.1 Å². The van der Waals surface area contributed by atoms with Gasteiger partial charge in [-0.3, -0.25) is 0 Å². The molecule has 5 heteroatoms. The first-order valence-electron chi connectivity index (χ1n) is 0. The van der Waals surface area contributed by atoms with Gasteiger partial charge in [0, 0.05) is 0 Å². The van der Waals surface area contributed by atoms with Gasteiger partial charge in [0.1, 0.15) is 0 Å². The van der Waals surface area contributed by atoms with Gasteiger partial charge in [-0.2, -0.15) is 0 Å². The van der Waals surface area contributed by atoms with Crippen LogP contribution in [0.1, 0.15) is 0 Å². The fourth-order valence-corrected chi connectivity index (χ4v) is 0. The number of rotatable bonds is 0. The third-order valence-corrected chi connectivity index (χ3v) is 0. The van der Waals surface area contributed by atoms with Gasteiger partial charge in [0.2, 0.25) is 0 Å². The molecule has 0 aliphatic carbocycles. The molecule has 0 saturated heterocycles. The predicted molar refractivity (Wildman–Crippen MR) is 2.06 cm³/mol. The quantitative estimate of drug-likeness (QED) is 0.494. The van der Waals surface area contributed by atoms with Crippen LogP contribution in [0.5, 0.6) is 0 Å². The summed E-state index contributed by atoms with van der Waals surface area (Å²) in [4.78, 5) is 0. The van der Waals surface area contributed by atoms with E-state index >= 15 is 0 Å². The Bertz CT molecular complexity index is 4.85. The third-order valence-electron chi connectivity index (χ3n) is 0. The summed E-state index contributed by atoms with van der Waals surface area (Å²) in [6.45, 7) is 0. The molecule has 0 rings (SSSR count). The van der Waals surface area contributed by atoms with Crippen LogP contribution in [0, 0.1) is 0 Å². The molecule has 0 aliphatic heterocycles. The van der Waals surface area contributed by atoms with Crippen LogP contribution >= 0.6 is 0 Å². The van der Waals surface area contributed by atoms with E-state index in [0.29, 0.717) is 0 Å². The van der Waals surface area contributed by atoms with E-state index in [9.17, 15) is 0 Å². The Morgan fingerprint density at radius 2 is 0.400 bits per heavy atom. The fourth-order valence-electron chi connectivity index (χ4n) is 0. The first-order valence-corrected chi connectivity index (χ1v) is 0. The maximum Gasteiger partial charge on any atom is 4.00 e. The van der Waals surface area contributed by atoms with E-state index in [1.54, 1.807) is 0 Å². The van der Waals surface area contributed by atoms with Gasteiger partial charge in [-0.1, -0.05) is 0 Å². The maximum atomic E-state index is 0. The Hall–Kier alpha value is 1.62. The average Bonchev–Trinajstić information content (AvgIpc) is 0. The molecule has 0 atom stereocenters. The second-order valence-corrected chi connectivity index (χ2v) is 0. The molecule has 5 heavy (non-hydrogen) atoms. The van der Waals surface area contributed by atoms with Gasteiger partial charge in [0.25, 0.3) is 0 Å². The molecule has 0 aromatic heterocycles. The molecule has 0 fully saturated rings. The van der Waals surface area contributed by atoms with Crippen LogP contribution in [-0.4, -0.2) is 0 Å². The summed E-state index contributed by atoms with van der Waals surface area (Å²) in [5.74, 6) is 0. The summed E-state index contributed by atoms with van der Waals surface area (Å²) in [5, 5.41) is 0. The second-order valence-electron chi connectivity index (χ2n) is 0. The summed E-state index contributed by atoms with van der Waals surface area (Å²) >= 11 is 0. The van der Waals surface area contributed by atoms with Crippen LogP contribution < -0.4 is 0 Å². The second kappa shape index (κ2) is 45.7. The van der Waals surface area contributed by atoms with Crippen LogP contribution in [0.25, 0.3) is 0 Å². The first-order chi connectivity index (χ1) is 0. The van der Waals surface area contributed by atoms with Crippen LogP contribution in [0.2, 0.25) is 0 Å². The van der Waals surface area contributed by atoms with Crippen LogP contribution in [-0.2, 0) is 68.1 Å². The van der Waals surface area contributed by atoms with E-state index in [1.807, 2.05) is 0 Å². The Labute approximate surface area is 67.6 Å². The van der Waals surface area contributed by atoms with Crippen LogP contribution in [0.3, 0.4) is 0 Å². The largest absolute Gasteiger partial charge is 4.00 e. The molecule has 0 bridgehead atoms. The molecule has 0 amide bonds. The summed E-state index contributed by atoms with van der Waals surface area (Å²) in [5.41, 5.74) is 0. The van der Waals surface area contributed by atoms with Crippen LogP contribution in [0.4, 0.5) is 0 Å². The van der Waals surface area contributed by atoms with E-state index in [0.717, 1.165) is 0 Å². The summed E-state index contributed by atoms with van der Waals surface area (Å²) in [6, 6.07) is 0. The van der Waals surface area contributed by atoms with Gasteiger partial charge in [0.05, 0.1) is 0 Å². The Morgan fingerprint density at radius 3 is 0.400 bits per heavy atom. The molecule has 24 valence electrons. The van der Waals surface area contributed by atoms with Crippen molar-refractivity contribution < 1.29 is 68.1 Å². The Balaban J connectivity index is 0. The van der Waals surface area contributed by atoms with Crippen molar-refractivity contribution in [2.75, 3.05) is 0 Å². The molecular formula is Hf2O3+2. The smallest absolute Gasteiger partial charge is 2.00 e. The third kappa shape index (κ3) is 28.1. The molecule has 0 aliphatic rings. The van der Waals surface area contributed by atoms with Gasteiger partial charge in [0.15, 0.2) is 0 Å². The number of hydrogen-bond donors (Lipinski definition) is 0. The topological polar surface area (TPSA) is 85.5 Å². The van der Waals surface area contributed by atoms with Crippen molar-refractivity contribution in [3.05, 3.63) is 0 Å². The zero-order valence-corrected chi connectivity index (χ0v) is 9.41. The minimum Gasteiger partial charge on any atom is -2.00 e. The zero-order valence-electron chi connectivity index (χ0n) is 2.22. The van der Waals surface area contributed by atoms with Crippen molar-refractivity contribution in [2.45, 2.75) is 0 Å². The number of hydrogen-bond acceptors (Lipinski definition) is 0. The van der Waals surface area contributed by atoms with Crippen LogP contribution in [0.15, 0.2) is 0 Å². The zero-order chi connectivity index (χ0) is 0. The molecule has 0 heterocycles. The monoisotopic (exact) mass is 408 g/mol. The molecule has 0 unspecified atom stereocenters. The molecular weight excluding hydrogens is 405 g/mol. The summed E-state index contributed by atoms with van der Waals surface area (Å²) in [6.07, 6.45) is 0. The van der Waals surface area contributed by atoms with Crippen molar-refractivity contribution in [3.63, 3.8) is 0 Å². The first kappa shape index (κ1) is 79.7. The van der Waals surface area contributed by atoms with E-state index in [4.69, 9.17) is 0 Å². The molecule has 0 radical (unpaired) electrons. The van der Waals surface area contributed by atoms with Crippen molar-refractivity contribution in [1.29, 1.82) is 0 Å². The van der Waals surface area contributed by atoms with Gasteiger partial charge in [-0.05, 0) is 0 Å². The van der Waals surface area contributed by atoms with Crippen molar-refractivity contribution in [3.8, 4) is 0 Å². The fraction of sp³-hybridized carbons (Fsp3) is 0. The van der Waals surface area contributed by atoms with Gasteiger partial charge in [-0.25, -0.2) is 0 Å². The molecule has 0 spiro atoms. The van der Waals surface area contributed by atoms with Gasteiger partial charge >= 0.3 is 51.7 Å². The van der Waals surface area contributed by atoms with Crippen molar-refractivity contribution >= 4 is 0 Å². The maximum absolute atomic E-state index is 0. The molecule has 3 nitrogen and oxygen atoms in total. The molecule has 0 N–H and O–H groups in total. The van der Waals surface area contributed by atoms with E-state index in [2.05, 4.69) is 0 Å². The van der Waals surface area contributed by atoms with Gasteiger partial charge in [-0.15, -0.1) is 0 Å². The molecule has 0 aromatic carbocycles. The normalized spacial score (nSPS) is 0. The predicted octanol–water partition coefficient (Wildman–Crippen LogP) is -0.361. The van der Waals surface area contributed by atoms with E-state index in [1.165, 1.54) is 0 Å². The van der Waals surface area contributed by atoms with Crippen molar-refractivity contribution in [1.82, 2.24) is 0 Å². The SMILES string of the molecule is [Hf+4].[Hf+4].[O-2].[O-2].[O-2]. The minimum atomic E-state index is 0. The Kier molecular flexibility index (Phi) is 728. The standard InChI is InChI=1S/2Hf.3O/q2*+4;3*-2. The molecule has 0 saturated carbocycles. The van der Waals surface area contributed by atoms with E-state index < -0.39 is 0 Å². The molecule has 0 aromatic rings. The minimum absolute atomic E-state index is 0. The van der Waals surface area contributed by atoms with Gasteiger partial charge < -0.3 is 16.4 Å². The van der Waals surface area contributed by atoms with Crippen molar-refractivity contribution in [2.24, 2.45) is 0 Å². The summed E-state index contributed by atoms with van der Waals surface area (Å²) in [7, 11) is 0. The Morgan fingerprint density at radius 1 is 0.400 bits per heavy atom.